The van der Waals surface area contributed by atoms with Crippen molar-refractivity contribution in [1.29, 1.82) is 0 Å². The first-order valence-electron chi connectivity index (χ1n) is 5.76. The minimum Gasteiger partial charge on any atom is -0.392 e. The van der Waals surface area contributed by atoms with Gasteiger partial charge in [-0.1, -0.05) is 13.8 Å². The molecule has 1 heterocycles. The fraction of sp³-hybridized carbons (Fsp3) is 0.750. The van der Waals surface area contributed by atoms with Crippen molar-refractivity contribution in [2.24, 2.45) is 5.92 Å². The van der Waals surface area contributed by atoms with Gasteiger partial charge in [0.25, 0.3) is 0 Å². The van der Waals surface area contributed by atoms with Crippen LogP contribution in [0.15, 0.2) is 12.3 Å². The molecule has 84 valence electrons. The number of aliphatic hydroxyl groups is 1. The molecule has 1 aromatic heterocycles. The van der Waals surface area contributed by atoms with Gasteiger partial charge in [-0.15, -0.1) is 0 Å². The Hall–Kier alpha value is -0.830. The molecule has 1 atom stereocenters. The van der Waals surface area contributed by atoms with Crippen LogP contribution in [0, 0.1) is 5.92 Å². The summed E-state index contributed by atoms with van der Waals surface area (Å²) in [4.78, 5) is 0. The fourth-order valence-electron chi connectivity index (χ4n) is 2.13. The summed E-state index contributed by atoms with van der Waals surface area (Å²) in [7, 11) is 0. The van der Waals surface area contributed by atoms with Crippen LogP contribution in [0.5, 0.6) is 0 Å². The number of aromatic nitrogens is 2. The summed E-state index contributed by atoms with van der Waals surface area (Å²) in [5, 5.41) is 14.3. The molecule has 15 heavy (non-hydrogen) atoms. The molecule has 0 aromatic carbocycles. The van der Waals surface area contributed by atoms with Gasteiger partial charge in [-0.05, 0) is 31.7 Å². The Morgan fingerprint density at radius 2 is 2.13 bits per heavy atom. The van der Waals surface area contributed by atoms with Gasteiger partial charge in [-0.3, -0.25) is 4.68 Å². The van der Waals surface area contributed by atoms with Gasteiger partial charge in [0.1, 0.15) is 0 Å². The second-order valence-electron chi connectivity index (χ2n) is 5.15. The van der Waals surface area contributed by atoms with E-state index in [4.69, 9.17) is 0 Å². The highest BCUT2D eigenvalue weighted by molar-refractivity contribution is 5.25. The summed E-state index contributed by atoms with van der Waals surface area (Å²) >= 11 is 0. The maximum Gasteiger partial charge on any atom is 0.0712 e. The van der Waals surface area contributed by atoms with Crippen molar-refractivity contribution in [2.45, 2.75) is 51.7 Å². The Kier molecular flexibility index (Phi) is 2.59. The van der Waals surface area contributed by atoms with Crippen molar-refractivity contribution in [3.8, 4) is 0 Å². The third kappa shape index (κ3) is 1.93. The number of aliphatic hydroxyl groups excluding tert-OH is 1. The van der Waals surface area contributed by atoms with Gasteiger partial charge in [0.05, 0.1) is 11.8 Å². The number of nitrogens with zero attached hydrogens (tertiary/aromatic N) is 2. The van der Waals surface area contributed by atoms with Crippen LogP contribution in [-0.2, 0) is 12.0 Å². The van der Waals surface area contributed by atoms with E-state index in [1.54, 1.807) is 0 Å². The van der Waals surface area contributed by atoms with E-state index in [-0.39, 0.29) is 11.5 Å². The molecule has 0 amide bonds. The summed E-state index contributed by atoms with van der Waals surface area (Å²) in [5.41, 5.74) is 1.04. The van der Waals surface area contributed by atoms with E-state index in [9.17, 15) is 5.11 Å². The summed E-state index contributed by atoms with van der Waals surface area (Å²) in [6.07, 6.45) is 3.89. The first kappa shape index (κ1) is 10.7. The predicted octanol–water partition coefficient (Wildman–Crippen LogP) is 1.95. The van der Waals surface area contributed by atoms with Crippen LogP contribution in [0.2, 0.25) is 0 Å². The van der Waals surface area contributed by atoms with E-state index in [1.807, 2.05) is 17.8 Å². The van der Waals surface area contributed by atoms with E-state index in [2.05, 4.69) is 25.0 Å². The van der Waals surface area contributed by atoms with Crippen LogP contribution in [0.3, 0.4) is 0 Å². The minimum absolute atomic E-state index is 0.0256. The molecule has 3 heteroatoms. The smallest absolute Gasteiger partial charge is 0.0712 e. The number of hydrogen-bond acceptors (Lipinski definition) is 2. The summed E-state index contributed by atoms with van der Waals surface area (Å²) in [5.74, 6) is 0.611. The van der Waals surface area contributed by atoms with Gasteiger partial charge in [0.15, 0.2) is 0 Å². The van der Waals surface area contributed by atoms with E-state index in [1.165, 1.54) is 0 Å². The SMILES string of the molecule is CC(C)Cn1ccc(C2(C(C)O)CC2)n1. The molecular formula is C12H20N2O. The Bertz CT molecular complexity index is 337. The minimum atomic E-state index is -0.278. The molecule has 3 nitrogen and oxygen atoms in total. The number of hydrogen-bond donors (Lipinski definition) is 1. The molecular weight excluding hydrogens is 188 g/mol. The summed E-state index contributed by atoms with van der Waals surface area (Å²) < 4.78 is 1.99. The molecule has 1 unspecified atom stereocenters. The monoisotopic (exact) mass is 208 g/mol. The zero-order valence-electron chi connectivity index (χ0n) is 9.77. The lowest BCUT2D eigenvalue weighted by Gasteiger charge is -2.15. The van der Waals surface area contributed by atoms with Crippen molar-refractivity contribution in [3.05, 3.63) is 18.0 Å². The van der Waals surface area contributed by atoms with Crippen LogP contribution in [-0.4, -0.2) is 21.0 Å². The zero-order valence-corrected chi connectivity index (χ0v) is 9.77. The molecule has 0 spiro atoms. The lowest BCUT2D eigenvalue weighted by atomic mass is 9.97. The molecule has 1 aliphatic rings. The predicted molar refractivity (Wildman–Crippen MR) is 59.7 cm³/mol. The zero-order chi connectivity index (χ0) is 11.1. The molecule has 0 bridgehead atoms. The van der Waals surface area contributed by atoms with Crippen LogP contribution >= 0.6 is 0 Å². The first-order valence-corrected chi connectivity index (χ1v) is 5.76. The Morgan fingerprint density at radius 3 is 2.60 bits per heavy atom. The van der Waals surface area contributed by atoms with Crippen LogP contribution in [0.4, 0.5) is 0 Å². The first-order chi connectivity index (χ1) is 7.04. The Balaban J connectivity index is 2.14. The lowest BCUT2D eigenvalue weighted by molar-refractivity contribution is 0.148. The van der Waals surface area contributed by atoms with Gasteiger partial charge >= 0.3 is 0 Å². The van der Waals surface area contributed by atoms with Crippen molar-refractivity contribution < 1.29 is 5.11 Å². The average molecular weight is 208 g/mol. The molecule has 0 aliphatic heterocycles. The topological polar surface area (TPSA) is 38.0 Å². The maximum absolute atomic E-state index is 9.74. The summed E-state index contributed by atoms with van der Waals surface area (Å²) in [6, 6.07) is 2.06. The molecule has 1 N–H and O–H groups in total. The second kappa shape index (κ2) is 3.63. The van der Waals surface area contributed by atoms with Crippen molar-refractivity contribution >= 4 is 0 Å². The lowest BCUT2D eigenvalue weighted by Crippen LogP contribution is -2.23. The van der Waals surface area contributed by atoms with E-state index in [0.717, 1.165) is 25.1 Å². The Morgan fingerprint density at radius 1 is 1.47 bits per heavy atom. The van der Waals surface area contributed by atoms with Gasteiger partial charge in [-0.2, -0.15) is 5.10 Å². The highest BCUT2D eigenvalue weighted by Gasteiger charge is 2.50. The molecule has 0 radical (unpaired) electrons. The van der Waals surface area contributed by atoms with E-state index < -0.39 is 0 Å². The maximum atomic E-state index is 9.74. The standard InChI is InChI=1S/C12H20N2O/c1-9(2)8-14-7-4-11(13-14)12(5-6-12)10(3)15/h4,7,9-10,15H,5-6,8H2,1-3H3. The summed E-state index contributed by atoms with van der Waals surface area (Å²) in [6.45, 7) is 7.19. The van der Waals surface area contributed by atoms with Crippen molar-refractivity contribution in [3.63, 3.8) is 0 Å². The second-order valence-corrected chi connectivity index (χ2v) is 5.15. The van der Waals surface area contributed by atoms with Gasteiger partial charge in [-0.25, -0.2) is 0 Å². The molecule has 1 saturated carbocycles. The number of rotatable bonds is 4. The highest BCUT2D eigenvalue weighted by Crippen LogP contribution is 2.50. The molecule has 1 aliphatic carbocycles. The van der Waals surface area contributed by atoms with E-state index >= 15 is 0 Å². The van der Waals surface area contributed by atoms with Gasteiger partial charge < -0.3 is 5.11 Å². The fourth-order valence-corrected chi connectivity index (χ4v) is 2.13. The normalized spacial score (nSPS) is 20.6. The van der Waals surface area contributed by atoms with Gasteiger partial charge in [0, 0.05) is 18.2 Å². The van der Waals surface area contributed by atoms with Crippen molar-refractivity contribution in [2.75, 3.05) is 0 Å². The Labute approximate surface area is 91.1 Å². The molecule has 0 saturated heterocycles. The molecule has 1 aromatic rings. The molecule has 1 fully saturated rings. The highest BCUT2D eigenvalue weighted by atomic mass is 16.3. The third-order valence-corrected chi connectivity index (χ3v) is 3.29. The average Bonchev–Trinajstić information content (AvgIpc) is 2.83. The largest absolute Gasteiger partial charge is 0.392 e. The van der Waals surface area contributed by atoms with Crippen LogP contribution in [0.1, 0.15) is 39.3 Å². The van der Waals surface area contributed by atoms with Crippen molar-refractivity contribution in [1.82, 2.24) is 9.78 Å². The molecule has 2 rings (SSSR count). The van der Waals surface area contributed by atoms with Crippen LogP contribution in [0.25, 0.3) is 0 Å². The third-order valence-electron chi connectivity index (χ3n) is 3.29. The van der Waals surface area contributed by atoms with Crippen LogP contribution < -0.4 is 0 Å². The van der Waals surface area contributed by atoms with E-state index in [0.29, 0.717) is 5.92 Å². The quantitative estimate of drug-likeness (QED) is 0.821. The van der Waals surface area contributed by atoms with Gasteiger partial charge in [0.2, 0.25) is 0 Å².